The third-order valence-electron chi connectivity index (χ3n) is 5.24. The van der Waals surface area contributed by atoms with Crippen molar-refractivity contribution in [1.29, 1.82) is 0 Å². The molecule has 1 aromatic heterocycles. The number of aromatic amines is 1. The van der Waals surface area contributed by atoms with Crippen molar-refractivity contribution in [2.24, 2.45) is 0 Å². The Morgan fingerprint density at radius 2 is 1.83 bits per heavy atom. The average molecular weight is 580 g/mol. The first-order valence-electron chi connectivity index (χ1n) is 10.4. The van der Waals surface area contributed by atoms with Gasteiger partial charge in [-0.3, -0.25) is 0 Å². The normalized spacial score (nSPS) is 10.8. The van der Waals surface area contributed by atoms with Crippen LogP contribution >= 0.6 is 39.7 Å². The molecule has 0 aliphatic heterocycles. The Morgan fingerprint density at radius 1 is 1.06 bits per heavy atom. The molecule has 35 heavy (non-hydrogen) atoms. The molecule has 182 valence electrons. The molecule has 0 amide bonds. The zero-order valence-electron chi connectivity index (χ0n) is 18.8. The molecule has 3 aromatic carbocycles. The van der Waals surface area contributed by atoms with Crippen LogP contribution in [-0.4, -0.2) is 29.1 Å². The largest absolute Gasteiger partial charge is 0.496 e. The van der Waals surface area contributed by atoms with E-state index < -0.39 is 5.82 Å². The highest BCUT2D eigenvalue weighted by Gasteiger charge is 2.19. The van der Waals surface area contributed by atoms with Crippen molar-refractivity contribution >= 4 is 39.7 Å². The van der Waals surface area contributed by atoms with E-state index in [-0.39, 0.29) is 23.7 Å². The highest BCUT2D eigenvalue weighted by atomic mass is 79.9. The number of nitrogens with one attached hydrogen (secondary N) is 2. The lowest BCUT2D eigenvalue weighted by Gasteiger charge is -2.19. The summed E-state index contributed by atoms with van der Waals surface area (Å²) in [6.45, 7) is 0.192. The number of para-hydroxylation sites is 1. The fraction of sp³-hybridized carbons (Fsp3) is 0.167. The van der Waals surface area contributed by atoms with Crippen LogP contribution in [0.4, 0.5) is 4.39 Å². The minimum Gasteiger partial charge on any atom is -0.496 e. The highest BCUT2D eigenvalue weighted by molar-refractivity contribution is 9.10. The van der Waals surface area contributed by atoms with Gasteiger partial charge in [0.1, 0.15) is 18.2 Å². The first kappa shape index (κ1) is 25.0. The molecule has 0 bridgehead atoms. The Labute approximate surface area is 219 Å². The Morgan fingerprint density at radius 3 is 2.57 bits per heavy atom. The summed E-state index contributed by atoms with van der Waals surface area (Å²) >= 11 is 15.2. The van der Waals surface area contributed by atoms with E-state index in [1.807, 2.05) is 30.3 Å². The standard InChI is InChI=1S/C24H21BrClFN4O3S/c1-32-20-9-4-3-6-14(20)23-29-30-24(35)31(23)28-12-15-17(25)10-11-21(33-2)22(15)34-13-16-18(26)7-5-8-19(16)27/h3-11,28H,12-13H2,1-2H3,(H,30,35). The summed E-state index contributed by atoms with van der Waals surface area (Å²) < 4.78 is 34.1. The molecule has 1 heterocycles. The fourth-order valence-corrected chi connectivity index (χ4v) is 4.36. The lowest BCUT2D eigenvalue weighted by Crippen LogP contribution is -2.17. The van der Waals surface area contributed by atoms with Crippen molar-refractivity contribution in [1.82, 2.24) is 14.9 Å². The maximum Gasteiger partial charge on any atom is 0.214 e. The average Bonchev–Trinajstić information content (AvgIpc) is 3.23. The highest BCUT2D eigenvalue weighted by Crippen LogP contribution is 2.38. The Kier molecular flexibility index (Phi) is 7.94. The summed E-state index contributed by atoms with van der Waals surface area (Å²) in [6.07, 6.45) is 0. The van der Waals surface area contributed by atoms with Crippen molar-refractivity contribution in [3.05, 3.63) is 85.8 Å². The van der Waals surface area contributed by atoms with Gasteiger partial charge in [0.05, 0.1) is 31.4 Å². The second kappa shape index (κ2) is 11.1. The number of ether oxygens (including phenoxy) is 3. The van der Waals surface area contributed by atoms with Crippen LogP contribution in [0.3, 0.4) is 0 Å². The van der Waals surface area contributed by atoms with Gasteiger partial charge < -0.3 is 19.6 Å². The van der Waals surface area contributed by atoms with Gasteiger partial charge in [-0.2, -0.15) is 5.10 Å². The number of nitrogens with zero attached hydrogens (tertiary/aromatic N) is 2. The Balaban J connectivity index is 1.66. The number of H-pyrrole nitrogens is 1. The molecule has 0 fully saturated rings. The number of halogens is 3. The first-order valence-corrected chi connectivity index (χ1v) is 12.0. The van der Waals surface area contributed by atoms with E-state index in [0.29, 0.717) is 27.8 Å². The number of benzene rings is 3. The molecule has 0 atom stereocenters. The molecule has 0 radical (unpaired) electrons. The van der Waals surface area contributed by atoms with E-state index in [0.717, 1.165) is 15.6 Å². The van der Waals surface area contributed by atoms with Crippen LogP contribution in [0.1, 0.15) is 11.1 Å². The van der Waals surface area contributed by atoms with Crippen LogP contribution in [0, 0.1) is 10.6 Å². The second-order valence-electron chi connectivity index (χ2n) is 7.27. The SMILES string of the molecule is COc1ccccc1-c1n[nH]c(=S)n1NCc1c(Br)ccc(OC)c1OCc1c(F)cccc1Cl. The summed E-state index contributed by atoms with van der Waals surface area (Å²) in [5, 5.41) is 7.45. The Bertz CT molecular complexity index is 1390. The molecule has 2 N–H and O–H groups in total. The van der Waals surface area contributed by atoms with Gasteiger partial charge in [0, 0.05) is 15.6 Å². The smallest absolute Gasteiger partial charge is 0.214 e. The molecule has 11 heteroatoms. The molecule has 4 aromatic rings. The summed E-state index contributed by atoms with van der Waals surface area (Å²) in [5.74, 6) is 1.67. The number of aromatic nitrogens is 3. The molecular weight excluding hydrogens is 559 g/mol. The fourth-order valence-electron chi connectivity index (χ4n) is 3.49. The van der Waals surface area contributed by atoms with E-state index >= 15 is 0 Å². The third-order valence-corrected chi connectivity index (χ3v) is 6.61. The van der Waals surface area contributed by atoms with Crippen molar-refractivity contribution in [2.75, 3.05) is 19.6 Å². The number of rotatable bonds is 9. The summed E-state index contributed by atoms with van der Waals surface area (Å²) in [5.41, 5.74) is 5.02. The van der Waals surface area contributed by atoms with Crippen LogP contribution in [0.25, 0.3) is 11.4 Å². The molecule has 0 saturated heterocycles. The number of hydrogen-bond donors (Lipinski definition) is 2. The molecule has 0 aliphatic rings. The zero-order valence-corrected chi connectivity index (χ0v) is 21.9. The molecule has 0 saturated carbocycles. The van der Waals surface area contributed by atoms with Gasteiger partial charge in [-0.1, -0.05) is 45.7 Å². The predicted octanol–water partition coefficient (Wildman–Crippen LogP) is 6.50. The molecule has 0 aliphatic carbocycles. The first-order chi connectivity index (χ1) is 16.9. The van der Waals surface area contributed by atoms with Gasteiger partial charge in [0.25, 0.3) is 0 Å². The van der Waals surface area contributed by atoms with Gasteiger partial charge in [0.2, 0.25) is 4.77 Å². The summed E-state index contributed by atoms with van der Waals surface area (Å²) in [7, 11) is 3.13. The summed E-state index contributed by atoms with van der Waals surface area (Å²) in [4.78, 5) is 0. The lowest BCUT2D eigenvalue weighted by molar-refractivity contribution is 0.276. The van der Waals surface area contributed by atoms with E-state index in [4.69, 9.17) is 38.0 Å². The minimum absolute atomic E-state index is 0.0804. The van der Waals surface area contributed by atoms with Gasteiger partial charge in [-0.05, 0) is 48.6 Å². The predicted molar refractivity (Wildman–Crippen MR) is 139 cm³/mol. The van der Waals surface area contributed by atoms with E-state index in [2.05, 4.69) is 31.6 Å². The quantitative estimate of drug-likeness (QED) is 0.221. The lowest BCUT2D eigenvalue weighted by atomic mass is 10.1. The van der Waals surface area contributed by atoms with Crippen LogP contribution in [0.5, 0.6) is 17.2 Å². The topological polar surface area (TPSA) is 73.3 Å². The van der Waals surface area contributed by atoms with E-state index in [1.165, 1.54) is 13.2 Å². The third kappa shape index (κ3) is 5.29. The second-order valence-corrected chi connectivity index (χ2v) is 8.92. The van der Waals surface area contributed by atoms with Gasteiger partial charge >= 0.3 is 0 Å². The molecule has 7 nitrogen and oxygen atoms in total. The molecular formula is C24H21BrClFN4O3S. The van der Waals surface area contributed by atoms with Gasteiger partial charge in [0.15, 0.2) is 17.3 Å². The maximum absolute atomic E-state index is 14.3. The number of hydrogen-bond acceptors (Lipinski definition) is 6. The maximum atomic E-state index is 14.3. The van der Waals surface area contributed by atoms with Gasteiger partial charge in [-0.25, -0.2) is 14.2 Å². The Hall–Kier alpha value is -3.08. The van der Waals surface area contributed by atoms with Crippen molar-refractivity contribution in [2.45, 2.75) is 13.2 Å². The monoisotopic (exact) mass is 578 g/mol. The van der Waals surface area contributed by atoms with Crippen LogP contribution in [0.2, 0.25) is 5.02 Å². The van der Waals surface area contributed by atoms with Crippen LogP contribution < -0.4 is 19.6 Å². The molecule has 4 rings (SSSR count). The molecule has 0 spiro atoms. The molecule has 0 unspecified atom stereocenters. The number of methoxy groups -OCH3 is 2. The van der Waals surface area contributed by atoms with Crippen LogP contribution in [-0.2, 0) is 13.2 Å². The van der Waals surface area contributed by atoms with E-state index in [9.17, 15) is 4.39 Å². The van der Waals surface area contributed by atoms with Crippen molar-refractivity contribution in [3.63, 3.8) is 0 Å². The minimum atomic E-state index is -0.447. The van der Waals surface area contributed by atoms with Crippen molar-refractivity contribution in [3.8, 4) is 28.6 Å². The zero-order chi connectivity index (χ0) is 24.9. The van der Waals surface area contributed by atoms with Gasteiger partial charge in [-0.15, -0.1) is 0 Å². The summed E-state index contributed by atoms with van der Waals surface area (Å²) in [6, 6.07) is 15.6. The van der Waals surface area contributed by atoms with Crippen molar-refractivity contribution < 1.29 is 18.6 Å². The van der Waals surface area contributed by atoms with Crippen LogP contribution in [0.15, 0.2) is 59.1 Å². The van der Waals surface area contributed by atoms with E-state index in [1.54, 1.807) is 30.0 Å².